The van der Waals surface area contributed by atoms with Gasteiger partial charge in [-0.05, 0) is 99.1 Å². The molecule has 2 aromatic carbocycles. The lowest BCUT2D eigenvalue weighted by atomic mass is 9.90. The second-order valence-corrected chi connectivity index (χ2v) is 11.7. The minimum atomic E-state index is -0.574. The van der Waals surface area contributed by atoms with Gasteiger partial charge in [0, 0.05) is 50.4 Å². The molecule has 0 radical (unpaired) electrons. The summed E-state index contributed by atoms with van der Waals surface area (Å²) in [6.45, 7) is 8.38. The van der Waals surface area contributed by atoms with Crippen LogP contribution < -0.4 is 20.3 Å². The number of nitrogens with one attached hydrogen (secondary N) is 2. The van der Waals surface area contributed by atoms with Crippen molar-refractivity contribution >= 4 is 35.8 Å². The number of fused-ring (bicyclic) bond motifs is 1. The molecule has 0 saturated carbocycles. The normalized spacial score (nSPS) is 21.6. The van der Waals surface area contributed by atoms with E-state index in [4.69, 9.17) is 4.74 Å². The van der Waals surface area contributed by atoms with Gasteiger partial charge in [-0.3, -0.25) is 24.6 Å². The van der Waals surface area contributed by atoms with Gasteiger partial charge in [0.15, 0.2) is 0 Å². The highest BCUT2D eigenvalue weighted by molar-refractivity contribution is 6.05. The first kappa shape index (κ1) is 30.3. The van der Waals surface area contributed by atoms with Crippen molar-refractivity contribution in [3.05, 3.63) is 59.2 Å². The highest BCUT2D eigenvalue weighted by Gasteiger charge is 2.39. The summed E-state index contributed by atoms with van der Waals surface area (Å²) in [5, 5.41) is 5.80. The van der Waals surface area contributed by atoms with E-state index < -0.39 is 6.04 Å². The number of piperazine rings is 1. The standard InChI is InChI=1S/C32H41N5O4.ClH/c38-30-10-9-29(31(39)34-30)37-22-25-21-26(5-8-28(25)32(37)40)36-18-16-35(17-19-36)15-1-2-20-41-27-6-3-23(4-7-27)24-11-13-33-14-12-24;/h3-8,21,24,29,33H,1-2,9-20,22H2,(H,34,38,39);1H. The van der Waals surface area contributed by atoms with Crippen LogP contribution in [0.5, 0.6) is 5.75 Å². The van der Waals surface area contributed by atoms with Crippen molar-refractivity contribution in [1.82, 2.24) is 20.4 Å². The van der Waals surface area contributed by atoms with Gasteiger partial charge in [-0.25, -0.2) is 0 Å². The van der Waals surface area contributed by atoms with Crippen LogP contribution in [0.2, 0.25) is 0 Å². The first-order chi connectivity index (χ1) is 20.0. The van der Waals surface area contributed by atoms with Gasteiger partial charge in [0.2, 0.25) is 11.8 Å². The van der Waals surface area contributed by atoms with Gasteiger partial charge in [0.25, 0.3) is 5.91 Å². The summed E-state index contributed by atoms with van der Waals surface area (Å²) >= 11 is 0. The molecule has 3 fully saturated rings. The molecule has 9 nitrogen and oxygen atoms in total. The van der Waals surface area contributed by atoms with Crippen LogP contribution in [0.3, 0.4) is 0 Å². The Labute approximate surface area is 254 Å². The number of hydrogen-bond donors (Lipinski definition) is 2. The van der Waals surface area contributed by atoms with Crippen LogP contribution in [-0.2, 0) is 16.1 Å². The molecule has 0 aromatic heterocycles. The summed E-state index contributed by atoms with van der Waals surface area (Å²) in [6, 6.07) is 14.2. The number of imide groups is 1. The third-order valence-electron chi connectivity index (χ3n) is 9.07. The molecule has 6 rings (SSSR count). The molecule has 0 bridgehead atoms. The lowest BCUT2D eigenvalue weighted by Crippen LogP contribution is -2.52. The van der Waals surface area contributed by atoms with E-state index in [1.54, 1.807) is 4.90 Å². The Morgan fingerprint density at radius 1 is 0.881 bits per heavy atom. The van der Waals surface area contributed by atoms with Gasteiger partial charge in [0.1, 0.15) is 11.8 Å². The Bertz CT molecular complexity index is 1260. The van der Waals surface area contributed by atoms with Gasteiger partial charge in [-0.2, -0.15) is 0 Å². The molecule has 10 heteroatoms. The number of halogens is 1. The lowest BCUT2D eigenvalue weighted by Gasteiger charge is -2.36. The molecule has 1 unspecified atom stereocenters. The third kappa shape index (κ3) is 6.90. The van der Waals surface area contributed by atoms with Gasteiger partial charge < -0.3 is 19.9 Å². The molecule has 226 valence electrons. The van der Waals surface area contributed by atoms with Crippen molar-refractivity contribution in [1.29, 1.82) is 0 Å². The van der Waals surface area contributed by atoms with Gasteiger partial charge in [-0.15, -0.1) is 12.4 Å². The predicted molar refractivity (Wildman–Crippen MR) is 164 cm³/mol. The number of hydrogen-bond acceptors (Lipinski definition) is 7. The fourth-order valence-electron chi connectivity index (χ4n) is 6.61. The van der Waals surface area contributed by atoms with E-state index in [1.807, 2.05) is 12.1 Å². The number of amides is 3. The van der Waals surface area contributed by atoms with Crippen LogP contribution in [0.4, 0.5) is 5.69 Å². The molecule has 2 N–H and O–H groups in total. The average Bonchev–Trinajstić information content (AvgIpc) is 3.33. The van der Waals surface area contributed by atoms with Crippen molar-refractivity contribution in [3.63, 3.8) is 0 Å². The maximum absolute atomic E-state index is 13.0. The van der Waals surface area contributed by atoms with Gasteiger partial charge in [0.05, 0.1) is 6.61 Å². The van der Waals surface area contributed by atoms with E-state index in [-0.39, 0.29) is 36.5 Å². The molecule has 1 atom stereocenters. The van der Waals surface area contributed by atoms with E-state index in [0.717, 1.165) is 82.3 Å². The Hall–Kier alpha value is -3.14. The number of nitrogens with zero attached hydrogens (tertiary/aromatic N) is 3. The summed E-state index contributed by atoms with van der Waals surface area (Å²) in [7, 11) is 0. The van der Waals surface area contributed by atoms with Crippen LogP contribution in [0.1, 0.15) is 65.9 Å². The van der Waals surface area contributed by atoms with Crippen molar-refractivity contribution in [2.75, 3.05) is 57.3 Å². The molecule has 3 amide bonds. The van der Waals surface area contributed by atoms with E-state index >= 15 is 0 Å². The molecule has 4 aliphatic rings. The topological polar surface area (TPSA) is 94.2 Å². The Kier molecular flexibility index (Phi) is 10.0. The SMILES string of the molecule is Cl.O=C1CCC(N2Cc3cc(N4CCN(CCCCOc5ccc(C6CCNCC6)cc5)CC4)ccc3C2=O)C(=O)N1. The maximum Gasteiger partial charge on any atom is 0.255 e. The number of rotatable bonds is 9. The molecule has 4 heterocycles. The van der Waals surface area contributed by atoms with Crippen LogP contribution in [-0.4, -0.2) is 86.0 Å². The van der Waals surface area contributed by atoms with Crippen LogP contribution >= 0.6 is 12.4 Å². The first-order valence-corrected chi connectivity index (χ1v) is 15.2. The zero-order valence-electron chi connectivity index (χ0n) is 24.2. The number of carbonyl (C=O) groups is 3. The summed E-state index contributed by atoms with van der Waals surface area (Å²) in [5.41, 5.74) is 4.18. The number of ether oxygens (including phenoxy) is 1. The van der Waals surface area contributed by atoms with E-state index in [9.17, 15) is 14.4 Å². The van der Waals surface area contributed by atoms with Crippen LogP contribution in [0, 0.1) is 0 Å². The Morgan fingerprint density at radius 2 is 1.64 bits per heavy atom. The van der Waals surface area contributed by atoms with Crippen molar-refractivity contribution in [2.45, 2.75) is 57.0 Å². The number of piperidine rings is 2. The van der Waals surface area contributed by atoms with Gasteiger partial charge >= 0.3 is 0 Å². The minimum absolute atomic E-state index is 0. The zero-order chi connectivity index (χ0) is 28.2. The minimum Gasteiger partial charge on any atom is -0.494 e. The monoisotopic (exact) mass is 595 g/mol. The fourth-order valence-corrected chi connectivity index (χ4v) is 6.61. The summed E-state index contributed by atoms with van der Waals surface area (Å²) in [4.78, 5) is 43.3. The summed E-state index contributed by atoms with van der Waals surface area (Å²) in [5.74, 6) is 0.885. The number of unbranched alkanes of at least 4 members (excludes halogenated alkanes) is 1. The highest BCUT2D eigenvalue weighted by atomic mass is 35.5. The molecule has 0 spiro atoms. The zero-order valence-corrected chi connectivity index (χ0v) is 25.0. The number of carbonyl (C=O) groups excluding carboxylic acids is 3. The predicted octanol–water partition coefficient (Wildman–Crippen LogP) is 3.32. The molecule has 42 heavy (non-hydrogen) atoms. The first-order valence-electron chi connectivity index (χ1n) is 15.2. The Morgan fingerprint density at radius 3 is 2.38 bits per heavy atom. The van der Waals surface area contributed by atoms with Crippen LogP contribution in [0.15, 0.2) is 42.5 Å². The highest BCUT2D eigenvalue weighted by Crippen LogP contribution is 2.31. The fraction of sp³-hybridized carbons (Fsp3) is 0.531. The molecule has 0 aliphatic carbocycles. The second kappa shape index (κ2) is 13.9. The quantitative estimate of drug-likeness (QED) is 0.339. The van der Waals surface area contributed by atoms with Crippen molar-refractivity contribution in [3.8, 4) is 5.75 Å². The van der Waals surface area contributed by atoms with Crippen LogP contribution in [0.25, 0.3) is 0 Å². The summed E-state index contributed by atoms with van der Waals surface area (Å²) in [6.07, 6.45) is 5.24. The number of anilines is 1. The molecular weight excluding hydrogens is 554 g/mol. The Balaban J connectivity index is 0.00000353. The van der Waals surface area contributed by atoms with Gasteiger partial charge in [-0.1, -0.05) is 12.1 Å². The molecule has 2 aromatic rings. The van der Waals surface area contributed by atoms with Crippen molar-refractivity contribution in [2.24, 2.45) is 0 Å². The average molecular weight is 596 g/mol. The van der Waals surface area contributed by atoms with Crippen molar-refractivity contribution < 1.29 is 19.1 Å². The lowest BCUT2D eigenvalue weighted by molar-refractivity contribution is -0.136. The smallest absolute Gasteiger partial charge is 0.255 e. The largest absolute Gasteiger partial charge is 0.494 e. The number of benzene rings is 2. The van der Waals surface area contributed by atoms with E-state index in [2.05, 4.69) is 50.8 Å². The molecular formula is C32H42ClN5O4. The van der Waals surface area contributed by atoms with E-state index in [1.165, 1.54) is 18.4 Å². The third-order valence-corrected chi connectivity index (χ3v) is 9.07. The molecule has 3 saturated heterocycles. The van der Waals surface area contributed by atoms with E-state index in [0.29, 0.717) is 24.4 Å². The second-order valence-electron chi connectivity index (χ2n) is 11.7. The summed E-state index contributed by atoms with van der Waals surface area (Å²) < 4.78 is 6.01. The molecule has 4 aliphatic heterocycles. The maximum atomic E-state index is 13.0.